The van der Waals surface area contributed by atoms with Gasteiger partial charge < -0.3 is 15.2 Å². The van der Waals surface area contributed by atoms with Crippen LogP contribution in [0, 0.1) is 0 Å². The normalized spacial score (nSPS) is 10.1. The first-order valence-electron chi connectivity index (χ1n) is 5.81. The third kappa shape index (κ3) is 3.39. The molecule has 1 aromatic carbocycles. The molecule has 0 aliphatic heterocycles. The Balaban J connectivity index is 2.02. The van der Waals surface area contributed by atoms with Crippen molar-refractivity contribution in [3.05, 3.63) is 52.8 Å². The quantitative estimate of drug-likeness (QED) is 0.693. The van der Waals surface area contributed by atoms with E-state index in [0.717, 1.165) is 0 Å². The lowest BCUT2D eigenvalue weighted by Crippen LogP contribution is -2.04. The first-order chi connectivity index (χ1) is 9.60. The fraction of sp³-hybridized carbons (Fsp3) is 0.143. The molecule has 5 nitrogen and oxygen atoms in total. The maximum atomic E-state index is 11.3. The van der Waals surface area contributed by atoms with Crippen LogP contribution in [0.15, 0.2) is 36.5 Å². The van der Waals surface area contributed by atoms with E-state index in [4.69, 9.17) is 22.1 Å². The molecule has 0 fully saturated rings. The molecule has 2 N–H and O–H groups in total. The number of rotatable bonds is 4. The Morgan fingerprint density at radius 2 is 2.15 bits per heavy atom. The van der Waals surface area contributed by atoms with Gasteiger partial charge in [-0.2, -0.15) is 0 Å². The van der Waals surface area contributed by atoms with E-state index in [2.05, 4.69) is 9.72 Å². The minimum atomic E-state index is -0.424. The second-order valence-electron chi connectivity index (χ2n) is 4.01. The molecule has 20 heavy (non-hydrogen) atoms. The number of carbonyl (C=O) groups excluding carboxylic acids is 1. The smallest absolute Gasteiger partial charge is 0.339 e. The lowest BCUT2D eigenvalue weighted by molar-refractivity contribution is 0.0600. The van der Waals surface area contributed by atoms with Gasteiger partial charge >= 0.3 is 5.97 Å². The molecule has 0 atom stereocenters. The van der Waals surface area contributed by atoms with Gasteiger partial charge in [0.15, 0.2) is 0 Å². The maximum Gasteiger partial charge on any atom is 0.339 e. The number of carbonyl (C=O) groups is 1. The van der Waals surface area contributed by atoms with Crippen molar-refractivity contribution in [2.45, 2.75) is 6.61 Å². The molecule has 0 saturated carbocycles. The van der Waals surface area contributed by atoms with Crippen LogP contribution < -0.4 is 10.5 Å². The van der Waals surface area contributed by atoms with Crippen LogP contribution in [-0.4, -0.2) is 18.1 Å². The average molecular weight is 293 g/mol. The van der Waals surface area contributed by atoms with Crippen LogP contribution >= 0.6 is 11.6 Å². The van der Waals surface area contributed by atoms with Crippen LogP contribution in [0.2, 0.25) is 5.02 Å². The Labute approximate surface area is 121 Å². The summed E-state index contributed by atoms with van der Waals surface area (Å²) in [6.45, 7) is 0.241. The van der Waals surface area contributed by atoms with Crippen molar-refractivity contribution >= 4 is 23.3 Å². The van der Waals surface area contributed by atoms with Gasteiger partial charge in [-0.15, -0.1) is 0 Å². The topological polar surface area (TPSA) is 74.4 Å². The molecule has 104 valence electrons. The highest BCUT2D eigenvalue weighted by molar-refractivity contribution is 6.32. The van der Waals surface area contributed by atoms with Crippen molar-refractivity contribution in [2.75, 3.05) is 12.8 Å². The number of hydrogen-bond acceptors (Lipinski definition) is 5. The van der Waals surface area contributed by atoms with Crippen LogP contribution in [0.5, 0.6) is 5.75 Å². The standard InChI is InChI=1S/C14H13ClN2O3/c1-19-14(18)9-2-4-11(17-7-9)8-20-13-5-3-10(16)6-12(13)15/h2-7H,8,16H2,1H3. The summed E-state index contributed by atoms with van der Waals surface area (Å²) in [5.41, 5.74) is 7.23. The van der Waals surface area contributed by atoms with E-state index in [1.54, 1.807) is 30.3 Å². The van der Waals surface area contributed by atoms with Gasteiger partial charge in [0.1, 0.15) is 12.4 Å². The van der Waals surface area contributed by atoms with Gasteiger partial charge in [-0.3, -0.25) is 4.98 Å². The first-order valence-corrected chi connectivity index (χ1v) is 6.19. The van der Waals surface area contributed by atoms with Crippen LogP contribution in [-0.2, 0) is 11.3 Å². The van der Waals surface area contributed by atoms with E-state index < -0.39 is 5.97 Å². The number of benzene rings is 1. The molecule has 0 amide bonds. The summed E-state index contributed by atoms with van der Waals surface area (Å²) in [7, 11) is 1.32. The summed E-state index contributed by atoms with van der Waals surface area (Å²) >= 11 is 5.99. The minimum absolute atomic E-state index is 0.241. The molecule has 0 aliphatic rings. The van der Waals surface area contributed by atoms with Crippen molar-refractivity contribution < 1.29 is 14.3 Å². The summed E-state index contributed by atoms with van der Waals surface area (Å²) < 4.78 is 10.1. The minimum Gasteiger partial charge on any atom is -0.486 e. The number of nitrogen functional groups attached to an aromatic ring is 1. The van der Waals surface area contributed by atoms with E-state index in [9.17, 15) is 4.79 Å². The molecule has 0 saturated heterocycles. The Morgan fingerprint density at radius 1 is 1.35 bits per heavy atom. The molecule has 0 spiro atoms. The average Bonchev–Trinajstić information content (AvgIpc) is 2.46. The van der Waals surface area contributed by atoms with Crippen molar-refractivity contribution in [2.24, 2.45) is 0 Å². The van der Waals surface area contributed by atoms with Crippen LogP contribution in [0.25, 0.3) is 0 Å². The van der Waals surface area contributed by atoms with Crippen molar-refractivity contribution in [3.63, 3.8) is 0 Å². The number of pyridine rings is 1. The second-order valence-corrected chi connectivity index (χ2v) is 4.42. The molecular formula is C14H13ClN2O3. The summed E-state index contributed by atoms with van der Waals surface area (Å²) in [4.78, 5) is 15.4. The summed E-state index contributed by atoms with van der Waals surface area (Å²) in [6.07, 6.45) is 1.44. The number of methoxy groups -OCH3 is 1. The van der Waals surface area contributed by atoms with Crippen molar-refractivity contribution in [3.8, 4) is 5.75 Å². The van der Waals surface area contributed by atoms with Gasteiger partial charge in [0.05, 0.1) is 23.4 Å². The van der Waals surface area contributed by atoms with Gasteiger partial charge in [-0.25, -0.2) is 4.79 Å². The largest absolute Gasteiger partial charge is 0.486 e. The number of nitrogens with zero attached hydrogens (tertiary/aromatic N) is 1. The van der Waals surface area contributed by atoms with E-state index in [-0.39, 0.29) is 6.61 Å². The Kier molecular flexibility index (Phi) is 4.42. The Hall–Kier alpha value is -2.27. The van der Waals surface area contributed by atoms with Gasteiger partial charge in [0.2, 0.25) is 0 Å². The Bertz CT molecular complexity index is 614. The zero-order valence-corrected chi connectivity index (χ0v) is 11.6. The van der Waals surface area contributed by atoms with E-state index in [1.165, 1.54) is 13.3 Å². The zero-order chi connectivity index (χ0) is 14.5. The Morgan fingerprint density at radius 3 is 2.75 bits per heavy atom. The number of hydrogen-bond donors (Lipinski definition) is 1. The lowest BCUT2D eigenvalue weighted by atomic mass is 10.2. The number of ether oxygens (including phenoxy) is 2. The predicted molar refractivity (Wildman–Crippen MR) is 75.8 cm³/mol. The zero-order valence-electron chi connectivity index (χ0n) is 10.8. The maximum absolute atomic E-state index is 11.3. The highest BCUT2D eigenvalue weighted by atomic mass is 35.5. The summed E-state index contributed by atoms with van der Waals surface area (Å²) in [5, 5.41) is 0.441. The van der Waals surface area contributed by atoms with Crippen LogP contribution in [0.3, 0.4) is 0 Å². The van der Waals surface area contributed by atoms with Gasteiger partial charge in [0, 0.05) is 11.9 Å². The third-order valence-corrected chi connectivity index (χ3v) is 2.87. The monoisotopic (exact) mass is 292 g/mol. The molecule has 6 heteroatoms. The van der Waals surface area contributed by atoms with Crippen LogP contribution in [0.4, 0.5) is 5.69 Å². The number of anilines is 1. The van der Waals surface area contributed by atoms with Crippen molar-refractivity contribution in [1.82, 2.24) is 4.98 Å². The molecule has 2 rings (SSSR count). The summed E-state index contributed by atoms with van der Waals surface area (Å²) in [5.74, 6) is 0.103. The molecule has 1 aromatic heterocycles. The van der Waals surface area contributed by atoms with E-state index >= 15 is 0 Å². The second kappa shape index (κ2) is 6.25. The number of nitrogens with two attached hydrogens (primary N) is 1. The highest BCUT2D eigenvalue weighted by Crippen LogP contribution is 2.26. The van der Waals surface area contributed by atoms with E-state index in [1.807, 2.05) is 0 Å². The first kappa shape index (κ1) is 14.1. The van der Waals surface area contributed by atoms with Gasteiger partial charge in [-0.05, 0) is 30.3 Å². The molecule has 2 aromatic rings. The molecule has 1 heterocycles. The molecule has 0 unspecified atom stereocenters. The number of halogens is 1. The predicted octanol–water partition coefficient (Wildman–Crippen LogP) is 2.68. The van der Waals surface area contributed by atoms with Crippen molar-refractivity contribution in [1.29, 1.82) is 0 Å². The van der Waals surface area contributed by atoms with Gasteiger partial charge in [-0.1, -0.05) is 11.6 Å². The number of esters is 1. The molecular weight excluding hydrogens is 280 g/mol. The number of aromatic nitrogens is 1. The fourth-order valence-electron chi connectivity index (χ4n) is 1.53. The van der Waals surface area contributed by atoms with Crippen LogP contribution in [0.1, 0.15) is 16.1 Å². The highest BCUT2D eigenvalue weighted by Gasteiger charge is 2.07. The fourth-order valence-corrected chi connectivity index (χ4v) is 1.78. The molecule has 0 aliphatic carbocycles. The van der Waals surface area contributed by atoms with E-state index in [0.29, 0.717) is 27.7 Å². The lowest BCUT2D eigenvalue weighted by Gasteiger charge is -2.08. The molecule has 0 radical (unpaired) electrons. The SMILES string of the molecule is COC(=O)c1ccc(COc2ccc(N)cc2Cl)nc1. The van der Waals surface area contributed by atoms with Gasteiger partial charge in [0.25, 0.3) is 0 Å². The third-order valence-electron chi connectivity index (χ3n) is 2.58. The molecule has 0 bridgehead atoms. The summed E-state index contributed by atoms with van der Waals surface area (Å²) in [6, 6.07) is 8.33.